The molecule has 0 radical (unpaired) electrons. The Morgan fingerprint density at radius 1 is 1.33 bits per heavy atom. The third kappa shape index (κ3) is 2.65. The standard InChI is InChI=1S/C12H13Cl2N/c1-3-8(2)9(7-15)12-10(13)5-4-6-11(12)14/h4-6,8-9H,3H2,1-2H3. The van der Waals surface area contributed by atoms with Gasteiger partial charge in [-0.25, -0.2) is 0 Å². The molecule has 0 saturated heterocycles. The number of nitriles is 1. The van der Waals surface area contributed by atoms with E-state index in [1.54, 1.807) is 18.2 Å². The van der Waals surface area contributed by atoms with Gasteiger partial charge in [0.15, 0.2) is 0 Å². The molecule has 0 spiro atoms. The largest absolute Gasteiger partial charge is 0.198 e. The summed E-state index contributed by atoms with van der Waals surface area (Å²) >= 11 is 12.1. The second-order valence-electron chi connectivity index (χ2n) is 3.63. The van der Waals surface area contributed by atoms with Gasteiger partial charge in [-0.3, -0.25) is 0 Å². The quantitative estimate of drug-likeness (QED) is 0.756. The van der Waals surface area contributed by atoms with Gasteiger partial charge in [0.25, 0.3) is 0 Å². The Kier molecular flexibility index (Phi) is 4.45. The summed E-state index contributed by atoms with van der Waals surface area (Å²) in [6.07, 6.45) is 0.930. The van der Waals surface area contributed by atoms with Crippen LogP contribution in [0.15, 0.2) is 18.2 Å². The van der Waals surface area contributed by atoms with Gasteiger partial charge in [-0.2, -0.15) is 5.26 Å². The van der Waals surface area contributed by atoms with Gasteiger partial charge in [0.05, 0.1) is 12.0 Å². The summed E-state index contributed by atoms with van der Waals surface area (Å²) in [6, 6.07) is 7.62. The lowest BCUT2D eigenvalue weighted by molar-refractivity contribution is 0.514. The highest BCUT2D eigenvalue weighted by atomic mass is 35.5. The summed E-state index contributed by atoms with van der Waals surface area (Å²) in [5, 5.41) is 10.3. The van der Waals surface area contributed by atoms with Gasteiger partial charge >= 0.3 is 0 Å². The predicted octanol–water partition coefficient (Wildman–Crippen LogP) is 4.65. The van der Waals surface area contributed by atoms with Crippen LogP contribution in [0.4, 0.5) is 0 Å². The highest BCUT2D eigenvalue weighted by Gasteiger charge is 2.22. The highest BCUT2D eigenvalue weighted by molar-refractivity contribution is 6.36. The summed E-state index contributed by atoms with van der Waals surface area (Å²) in [5.41, 5.74) is 0.762. The van der Waals surface area contributed by atoms with Gasteiger partial charge < -0.3 is 0 Å². The molecule has 0 amide bonds. The van der Waals surface area contributed by atoms with Crippen LogP contribution in [0.25, 0.3) is 0 Å². The lowest BCUT2D eigenvalue weighted by Gasteiger charge is -2.18. The van der Waals surface area contributed by atoms with Gasteiger partial charge in [-0.1, -0.05) is 49.5 Å². The normalized spacial score (nSPS) is 14.3. The minimum absolute atomic E-state index is 0.226. The van der Waals surface area contributed by atoms with Crippen molar-refractivity contribution in [2.75, 3.05) is 0 Å². The van der Waals surface area contributed by atoms with E-state index in [2.05, 4.69) is 13.0 Å². The minimum Gasteiger partial charge on any atom is -0.198 e. The van der Waals surface area contributed by atoms with Crippen molar-refractivity contribution in [3.63, 3.8) is 0 Å². The first kappa shape index (κ1) is 12.4. The molecule has 1 aromatic carbocycles. The van der Waals surface area contributed by atoms with Crippen molar-refractivity contribution < 1.29 is 0 Å². The number of rotatable bonds is 3. The molecule has 2 atom stereocenters. The van der Waals surface area contributed by atoms with Gasteiger partial charge in [-0.05, 0) is 18.1 Å². The molecule has 2 unspecified atom stereocenters. The van der Waals surface area contributed by atoms with Crippen molar-refractivity contribution in [2.24, 2.45) is 5.92 Å². The molecule has 0 aliphatic carbocycles. The average molecular weight is 242 g/mol. The van der Waals surface area contributed by atoms with E-state index >= 15 is 0 Å². The Labute approximate surface area is 101 Å². The van der Waals surface area contributed by atoms with E-state index in [-0.39, 0.29) is 11.8 Å². The van der Waals surface area contributed by atoms with Crippen molar-refractivity contribution in [3.05, 3.63) is 33.8 Å². The van der Waals surface area contributed by atoms with Crippen LogP contribution in [-0.4, -0.2) is 0 Å². The summed E-state index contributed by atoms with van der Waals surface area (Å²) in [7, 11) is 0. The first-order valence-corrected chi connectivity index (χ1v) is 5.70. The van der Waals surface area contributed by atoms with Crippen LogP contribution >= 0.6 is 23.2 Å². The average Bonchev–Trinajstić information content (AvgIpc) is 2.22. The SMILES string of the molecule is CCC(C)C(C#N)c1c(Cl)cccc1Cl. The first-order chi connectivity index (χ1) is 7.11. The molecule has 0 bridgehead atoms. The topological polar surface area (TPSA) is 23.8 Å². The van der Waals surface area contributed by atoms with Crippen molar-refractivity contribution in [2.45, 2.75) is 26.2 Å². The minimum atomic E-state index is -0.226. The molecule has 0 heterocycles. The molecule has 0 N–H and O–H groups in total. The van der Waals surface area contributed by atoms with Gasteiger partial charge in [0.1, 0.15) is 0 Å². The summed E-state index contributed by atoms with van der Waals surface area (Å²) in [6.45, 7) is 4.09. The second kappa shape index (κ2) is 5.39. The molecule has 0 fully saturated rings. The zero-order valence-corrected chi connectivity index (χ0v) is 10.3. The molecule has 15 heavy (non-hydrogen) atoms. The van der Waals surface area contributed by atoms with Crippen molar-refractivity contribution in [1.82, 2.24) is 0 Å². The third-order valence-corrected chi connectivity index (χ3v) is 3.32. The molecule has 1 nitrogen and oxygen atoms in total. The highest BCUT2D eigenvalue weighted by Crippen LogP contribution is 2.36. The summed E-state index contributed by atoms with van der Waals surface area (Å²) < 4.78 is 0. The molecular formula is C12H13Cl2N. The molecular weight excluding hydrogens is 229 g/mol. The second-order valence-corrected chi connectivity index (χ2v) is 4.44. The fourth-order valence-corrected chi connectivity index (χ4v) is 2.15. The molecule has 0 aliphatic heterocycles. The number of halogens is 2. The Hall–Kier alpha value is -0.710. The van der Waals surface area contributed by atoms with Crippen LogP contribution in [-0.2, 0) is 0 Å². The van der Waals surface area contributed by atoms with Crippen LogP contribution in [0.5, 0.6) is 0 Å². The van der Waals surface area contributed by atoms with E-state index in [1.807, 2.05) is 6.92 Å². The fourth-order valence-electron chi connectivity index (χ4n) is 1.52. The van der Waals surface area contributed by atoms with E-state index in [0.717, 1.165) is 12.0 Å². The Morgan fingerprint density at radius 3 is 2.27 bits per heavy atom. The zero-order valence-electron chi connectivity index (χ0n) is 8.80. The third-order valence-electron chi connectivity index (χ3n) is 2.66. The maximum Gasteiger partial charge on any atom is 0.0767 e. The van der Waals surface area contributed by atoms with Crippen LogP contribution in [0.1, 0.15) is 31.7 Å². The van der Waals surface area contributed by atoms with E-state index in [0.29, 0.717) is 10.0 Å². The first-order valence-electron chi connectivity index (χ1n) is 4.95. The molecule has 0 saturated carbocycles. The van der Waals surface area contributed by atoms with Crippen molar-refractivity contribution >= 4 is 23.2 Å². The number of benzene rings is 1. The number of hydrogen-bond donors (Lipinski definition) is 0. The molecule has 1 rings (SSSR count). The zero-order chi connectivity index (χ0) is 11.4. The van der Waals surface area contributed by atoms with Crippen molar-refractivity contribution in [3.8, 4) is 6.07 Å². The maximum absolute atomic E-state index is 9.16. The van der Waals surface area contributed by atoms with Gasteiger partial charge in [-0.15, -0.1) is 0 Å². The van der Waals surface area contributed by atoms with Gasteiger partial charge in [0.2, 0.25) is 0 Å². The number of hydrogen-bond acceptors (Lipinski definition) is 1. The predicted molar refractivity (Wildman–Crippen MR) is 64.3 cm³/mol. The lowest BCUT2D eigenvalue weighted by Crippen LogP contribution is -2.08. The molecule has 80 valence electrons. The van der Waals surface area contributed by atoms with Gasteiger partial charge in [0, 0.05) is 15.6 Å². The Bertz CT molecular complexity index is 361. The molecule has 0 aromatic heterocycles. The maximum atomic E-state index is 9.16. The fraction of sp³-hybridized carbons (Fsp3) is 0.417. The van der Waals surface area contributed by atoms with E-state index in [4.69, 9.17) is 28.5 Å². The monoisotopic (exact) mass is 241 g/mol. The van der Waals surface area contributed by atoms with E-state index in [9.17, 15) is 0 Å². The summed E-state index contributed by atoms with van der Waals surface area (Å²) in [5.74, 6) is 0.0311. The Morgan fingerprint density at radius 2 is 1.87 bits per heavy atom. The van der Waals surface area contributed by atoms with Crippen LogP contribution in [0, 0.1) is 17.2 Å². The molecule has 1 aromatic rings. The number of nitrogens with zero attached hydrogens (tertiary/aromatic N) is 1. The van der Waals surface area contributed by atoms with Crippen LogP contribution in [0.2, 0.25) is 10.0 Å². The molecule has 3 heteroatoms. The van der Waals surface area contributed by atoms with E-state index < -0.39 is 0 Å². The Balaban J connectivity index is 3.19. The van der Waals surface area contributed by atoms with Crippen LogP contribution < -0.4 is 0 Å². The smallest absolute Gasteiger partial charge is 0.0767 e. The summed E-state index contributed by atoms with van der Waals surface area (Å²) in [4.78, 5) is 0. The molecule has 0 aliphatic rings. The van der Waals surface area contributed by atoms with E-state index in [1.165, 1.54) is 0 Å². The van der Waals surface area contributed by atoms with Crippen molar-refractivity contribution in [1.29, 1.82) is 5.26 Å². The lowest BCUT2D eigenvalue weighted by atomic mass is 9.87. The van der Waals surface area contributed by atoms with Crippen LogP contribution in [0.3, 0.4) is 0 Å².